The molecule has 1 aliphatic rings. The summed E-state index contributed by atoms with van der Waals surface area (Å²) in [6, 6.07) is 0.345. The maximum Gasteiger partial charge on any atom is 0.259 e. The highest BCUT2D eigenvalue weighted by atomic mass is 16.5. The van der Waals surface area contributed by atoms with Crippen LogP contribution in [-0.4, -0.2) is 41.6 Å². The second-order valence-electron chi connectivity index (χ2n) is 4.53. The first-order valence-electron chi connectivity index (χ1n) is 6.11. The Morgan fingerprint density at radius 2 is 2.41 bits per heavy atom. The predicted octanol–water partition coefficient (Wildman–Crippen LogP) is 0.979. The second kappa shape index (κ2) is 4.87. The molecule has 94 valence electrons. The van der Waals surface area contributed by atoms with Gasteiger partial charge in [-0.05, 0) is 13.8 Å². The van der Waals surface area contributed by atoms with Crippen molar-refractivity contribution in [3.63, 3.8) is 0 Å². The molecule has 1 aromatic rings. The van der Waals surface area contributed by atoms with Gasteiger partial charge in [-0.15, -0.1) is 0 Å². The normalized spacial score (nSPS) is 20.6. The Morgan fingerprint density at radius 3 is 3.06 bits per heavy atom. The van der Waals surface area contributed by atoms with Gasteiger partial charge in [-0.3, -0.25) is 4.79 Å². The number of carbonyl (C=O) groups is 1. The summed E-state index contributed by atoms with van der Waals surface area (Å²) < 4.78 is 5.17. The molecule has 17 heavy (non-hydrogen) atoms. The van der Waals surface area contributed by atoms with Crippen molar-refractivity contribution in [2.24, 2.45) is 0 Å². The first-order chi connectivity index (χ1) is 8.13. The molecule has 1 aliphatic heterocycles. The van der Waals surface area contributed by atoms with E-state index in [1.165, 1.54) is 0 Å². The van der Waals surface area contributed by atoms with Crippen molar-refractivity contribution in [2.45, 2.75) is 33.2 Å². The van der Waals surface area contributed by atoms with E-state index < -0.39 is 0 Å². The first-order valence-corrected chi connectivity index (χ1v) is 6.11. The lowest BCUT2D eigenvalue weighted by atomic mass is 10.1. The van der Waals surface area contributed by atoms with Crippen LogP contribution in [0.4, 0.5) is 0 Å². The Morgan fingerprint density at radius 1 is 1.65 bits per heavy atom. The average molecular weight is 237 g/mol. The average Bonchev–Trinajstić information content (AvgIpc) is 2.69. The molecule has 0 radical (unpaired) electrons. The fourth-order valence-corrected chi connectivity index (χ4v) is 2.21. The number of nitrogens with one attached hydrogen (secondary N) is 1. The summed E-state index contributed by atoms with van der Waals surface area (Å²) in [6.45, 7) is 8.21. The van der Waals surface area contributed by atoms with Crippen LogP contribution in [0.5, 0.6) is 0 Å². The maximum absolute atomic E-state index is 12.4. The van der Waals surface area contributed by atoms with E-state index in [9.17, 15) is 4.79 Å². The molecule has 0 saturated carbocycles. The molecular weight excluding hydrogens is 218 g/mol. The Labute approximate surface area is 101 Å². The molecule has 0 aliphatic carbocycles. The molecule has 2 heterocycles. The minimum Gasteiger partial charge on any atom is -0.360 e. The minimum atomic E-state index is 0.0500. The number of aryl methyl sites for hydroxylation is 2. The zero-order valence-corrected chi connectivity index (χ0v) is 10.6. The third kappa shape index (κ3) is 2.34. The van der Waals surface area contributed by atoms with Crippen LogP contribution in [0.1, 0.15) is 35.7 Å². The molecule has 5 heteroatoms. The highest BCUT2D eigenvalue weighted by Gasteiger charge is 2.27. The molecule has 1 fully saturated rings. The van der Waals surface area contributed by atoms with Crippen LogP contribution in [0.2, 0.25) is 0 Å². The van der Waals surface area contributed by atoms with E-state index in [1.807, 2.05) is 18.7 Å². The van der Waals surface area contributed by atoms with E-state index >= 15 is 0 Å². The number of carbonyl (C=O) groups excluding carboxylic acids is 1. The van der Waals surface area contributed by atoms with Crippen LogP contribution in [-0.2, 0) is 6.42 Å². The summed E-state index contributed by atoms with van der Waals surface area (Å²) in [6.07, 6.45) is 0.698. The Bertz CT molecular complexity index is 414. The molecule has 1 atom stereocenters. The van der Waals surface area contributed by atoms with Crippen molar-refractivity contribution in [3.8, 4) is 0 Å². The first kappa shape index (κ1) is 12.1. The fraction of sp³-hybridized carbons (Fsp3) is 0.667. The fourth-order valence-electron chi connectivity index (χ4n) is 2.21. The summed E-state index contributed by atoms with van der Waals surface area (Å²) in [5.41, 5.74) is 1.35. The van der Waals surface area contributed by atoms with Crippen LogP contribution in [0.25, 0.3) is 0 Å². The summed E-state index contributed by atoms with van der Waals surface area (Å²) in [5.74, 6) is 0.743. The van der Waals surface area contributed by atoms with Crippen molar-refractivity contribution >= 4 is 5.91 Å². The SMILES string of the molecule is CCc1onc(C)c1C(=O)N1CCNC(C)C1. The summed E-state index contributed by atoms with van der Waals surface area (Å²) >= 11 is 0. The largest absolute Gasteiger partial charge is 0.360 e. The van der Waals surface area contributed by atoms with Gasteiger partial charge in [0.1, 0.15) is 11.3 Å². The molecule has 5 nitrogen and oxygen atoms in total. The second-order valence-corrected chi connectivity index (χ2v) is 4.53. The Hall–Kier alpha value is -1.36. The van der Waals surface area contributed by atoms with Gasteiger partial charge in [-0.25, -0.2) is 0 Å². The summed E-state index contributed by atoms with van der Waals surface area (Å²) in [7, 11) is 0. The number of nitrogens with zero attached hydrogens (tertiary/aromatic N) is 2. The van der Waals surface area contributed by atoms with Crippen molar-refractivity contribution in [1.82, 2.24) is 15.4 Å². The van der Waals surface area contributed by atoms with Crippen molar-refractivity contribution in [3.05, 3.63) is 17.0 Å². The molecule has 0 aromatic carbocycles. The molecule has 1 unspecified atom stereocenters. The minimum absolute atomic E-state index is 0.0500. The summed E-state index contributed by atoms with van der Waals surface area (Å²) in [4.78, 5) is 14.3. The van der Waals surface area contributed by atoms with E-state index in [-0.39, 0.29) is 5.91 Å². The van der Waals surface area contributed by atoms with Crippen molar-refractivity contribution in [2.75, 3.05) is 19.6 Å². The summed E-state index contributed by atoms with van der Waals surface area (Å²) in [5, 5.41) is 7.21. The number of aromatic nitrogens is 1. The van der Waals surface area contributed by atoms with Crippen LogP contribution < -0.4 is 5.32 Å². The van der Waals surface area contributed by atoms with E-state index in [1.54, 1.807) is 0 Å². The number of hydrogen-bond acceptors (Lipinski definition) is 4. The van der Waals surface area contributed by atoms with Gasteiger partial charge in [0.25, 0.3) is 5.91 Å². The third-order valence-electron chi connectivity index (χ3n) is 3.12. The molecular formula is C12H19N3O2. The molecule has 1 N–H and O–H groups in total. The Kier molecular flexibility index (Phi) is 3.47. The lowest BCUT2D eigenvalue weighted by Crippen LogP contribution is -2.51. The van der Waals surface area contributed by atoms with Crippen molar-refractivity contribution in [1.29, 1.82) is 0 Å². The molecule has 0 spiro atoms. The van der Waals surface area contributed by atoms with Gasteiger partial charge in [0.2, 0.25) is 0 Å². The topological polar surface area (TPSA) is 58.4 Å². The van der Waals surface area contributed by atoms with Crippen molar-refractivity contribution < 1.29 is 9.32 Å². The van der Waals surface area contributed by atoms with Crippen LogP contribution in [0.15, 0.2) is 4.52 Å². The molecule has 1 saturated heterocycles. The van der Waals surface area contributed by atoms with E-state index in [0.717, 1.165) is 19.6 Å². The van der Waals surface area contributed by atoms with Gasteiger partial charge in [0, 0.05) is 32.1 Å². The molecule has 2 rings (SSSR count). The van der Waals surface area contributed by atoms with Gasteiger partial charge in [-0.2, -0.15) is 0 Å². The van der Waals surface area contributed by atoms with Gasteiger partial charge in [-0.1, -0.05) is 12.1 Å². The van der Waals surface area contributed by atoms with E-state index in [4.69, 9.17) is 4.52 Å². The molecule has 0 bridgehead atoms. The zero-order chi connectivity index (χ0) is 12.4. The van der Waals surface area contributed by atoms with Gasteiger partial charge in [0.05, 0.1) is 5.69 Å². The number of piperazine rings is 1. The van der Waals surface area contributed by atoms with E-state index in [2.05, 4.69) is 17.4 Å². The number of amides is 1. The molecule has 1 aromatic heterocycles. The van der Waals surface area contributed by atoms with Gasteiger partial charge in [0.15, 0.2) is 0 Å². The lowest BCUT2D eigenvalue weighted by Gasteiger charge is -2.31. The standard InChI is InChI=1S/C12H19N3O2/c1-4-10-11(9(3)14-17-10)12(16)15-6-5-13-8(2)7-15/h8,13H,4-7H2,1-3H3. The highest BCUT2D eigenvalue weighted by molar-refractivity contribution is 5.96. The Balaban J connectivity index is 2.21. The molecule has 1 amide bonds. The highest BCUT2D eigenvalue weighted by Crippen LogP contribution is 2.17. The van der Waals surface area contributed by atoms with Crippen LogP contribution >= 0.6 is 0 Å². The maximum atomic E-state index is 12.4. The predicted molar refractivity (Wildman–Crippen MR) is 64.0 cm³/mol. The number of hydrogen-bond donors (Lipinski definition) is 1. The van der Waals surface area contributed by atoms with Crippen LogP contribution in [0, 0.1) is 6.92 Å². The quantitative estimate of drug-likeness (QED) is 0.833. The van der Waals surface area contributed by atoms with Gasteiger partial charge >= 0.3 is 0 Å². The number of rotatable bonds is 2. The third-order valence-corrected chi connectivity index (χ3v) is 3.12. The van der Waals surface area contributed by atoms with Gasteiger partial charge < -0.3 is 14.7 Å². The van der Waals surface area contributed by atoms with Crippen LogP contribution in [0.3, 0.4) is 0 Å². The van der Waals surface area contributed by atoms with E-state index in [0.29, 0.717) is 29.5 Å². The monoisotopic (exact) mass is 237 g/mol. The zero-order valence-electron chi connectivity index (χ0n) is 10.6. The lowest BCUT2D eigenvalue weighted by molar-refractivity contribution is 0.0706. The smallest absolute Gasteiger partial charge is 0.259 e.